The summed E-state index contributed by atoms with van der Waals surface area (Å²) in [7, 11) is 4.33. The molecule has 1 unspecified atom stereocenters. The van der Waals surface area contributed by atoms with Crippen LogP contribution in [0, 0.1) is 17.8 Å². The minimum absolute atomic E-state index is 0.281. The number of nitrogens with zero attached hydrogens (tertiary/aromatic N) is 2. The van der Waals surface area contributed by atoms with Crippen LogP contribution in [0.2, 0.25) is 0 Å². The first-order valence-electron chi connectivity index (χ1n) is 11.0. The van der Waals surface area contributed by atoms with E-state index < -0.39 is 0 Å². The summed E-state index contributed by atoms with van der Waals surface area (Å²) in [6, 6.07) is 6.63. The molecule has 2 aliphatic carbocycles. The van der Waals surface area contributed by atoms with E-state index in [9.17, 15) is 4.79 Å². The Morgan fingerprint density at radius 1 is 1.07 bits per heavy atom. The van der Waals surface area contributed by atoms with Gasteiger partial charge in [0.25, 0.3) is 0 Å². The highest BCUT2D eigenvalue weighted by Gasteiger charge is 2.30. The van der Waals surface area contributed by atoms with Gasteiger partial charge in [-0.25, -0.2) is 0 Å². The molecule has 0 bridgehead atoms. The predicted molar refractivity (Wildman–Crippen MR) is 110 cm³/mol. The third-order valence-electron chi connectivity index (χ3n) is 6.67. The van der Waals surface area contributed by atoms with Crippen molar-refractivity contribution in [1.82, 2.24) is 15.2 Å². The summed E-state index contributed by atoms with van der Waals surface area (Å²) in [5, 5.41) is 3.24. The van der Waals surface area contributed by atoms with Gasteiger partial charge in [-0.2, -0.15) is 0 Å². The molecule has 0 radical (unpaired) electrons. The average Bonchev–Trinajstić information content (AvgIpc) is 2.69. The Balaban J connectivity index is 1.42. The second kappa shape index (κ2) is 10.2. The average molecular weight is 372 g/mol. The van der Waals surface area contributed by atoms with Gasteiger partial charge in [0.05, 0.1) is 11.7 Å². The van der Waals surface area contributed by atoms with Crippen LogP contribution in [0.15, 0.2) is 24.4 Å². The molecular weight excluding hydrogens is 334 g/mol. The number of nitrogens with one attached hydrogen (secondary N) is 1. The number of hydrogen-bond acceptors (Lipinski definition) is 3. The summed E-state index contributed by atoms with van der Waals surface area (Å²) >= 11 is 0. The van der Waals surface area contributed by atoms with E-state index in [0.29, 0.717) is 23.8 Å². The maximum Gasteiger partial charge on any atom is 0.220 e. The summed E-state index contributed by atoms with van der Waals surface area (Å²) in [6.07, 6.45) is 14.0. The van der Waals surface area contributed by atoms with E-state index in [1.54, 1.807) is 0 Å². The Labute approximate surface area is 165 Å². The third-order valence-corrected chi connectivity index (χ3v) is 6.67. The molecule has 3 rings (SSSR count). The molecule has 1 aromatic rings. The summed E-state index contributed by atoms with van der Waals surface area (Å²) < 4.78 is 0. The monoisotopic (exact) mass is 371 g/mol. The van der Waals surface area contributed by atoms with E-state index in [-0.39, 0.29) is 5.91 Å². The molecule has 2 saturated carbocycles. The summed E-state index contributed by atoms with van der Waals surface area (Å²) in [5.74, 6) is 2.21. The molecule has 150 valence electrons. The number of hydrogen-bond donors (Lipinski definition) is 1. The van der Waals surface area contributed by atoms with Crippen LogP contribution >= 0.6 is 0 Å². The number of pyridine rings is 1. The number of rotatable bonds is 7. The first kappa shape index (κ1) is 20.3. The Hall–Kier alpha value is -1.42. The first-order chi connectivity index (χ1) is 13.1. The van der Waals surface area contributed by atoms with Crippen LogP contribution in [-0.4, -0.2) is 36.4 Å². The minimum atomic E-state index is 0.281. The van der Waals surface area contributed by atoms with Crippen molar-refractivity contribution in [2.45, 2.75) is 70.3 Å². The van der Waals surface area contributed by atoms with Crippen molar-refractivity contribution in [3.63, 3.8) is 0 Å². The molecule has 27 heavy (non-hydrogen) atoms. The zero-order valence-corrected chi connectivity index (χ0v) is 17.2. The Morgan fingerprint density at radius 2 is 1.81 bits per heavy atom. The lowest BCUT2D eigenvalue weighted by Gasteiger charge is -2.37. The van der Waals surface area contributed by atoms with Crippen LogP contribution < -0.4 is 5.32 Å². The molecule has 4 heteroatoms. The lowest BCUT2D eigenvalue weighted by atomic mass is 9.77. The highest BCUT2D eigenvalue weighted by Crippen LogP contribution is 2.38. The SMILES string of the molecule is CN(C)C(c1ccccn1)C1CCC(CNC(=O)CC2CCCCC2)CC1. The fourth-order valence-corrected chi connectivity index (χ4v) is 5.17. The van der Waals surface area contributed by atoms with Crippen LogP contribution in [0.5, 0.6) is 0 Å². The summed E-state index contributed by atoms with van der Waals surface area (Å²) in [4.78, 5) is 19.2. The lowest BCUT2D eigenvalue weighted by molar-refractivity contribution is -0.122. The minimum Gasteiger partial charge on any atom is -0.356 e. The van der Waals surface area contributed by atoms with Gasteiger partial charge in [0.2, 0.25) is 5.91 Å². The maximum absolute atomic E-state index is 12.3. The van der Waals surface area contributed by atoms with Gasteiger partial charge in [-0.05, 0) is 82.5 Å². The van der Waals surface area contributed by atoms with Gasteiger partial charge in [0.1, 0.15) is 0 Å². The van der Waals surface area contributed by atoms with Crippen LogP contribution in [0.1, 0.15) is 75.9 Å². The van der Waals surface area contributed by atoms with Crippen molar-refractivity contribution in [3.8, 4) is 0 Å². The molecule has 2 fully saturated rings. The van der Waals surface area contributed by atoms with Gasteiger partial charge < -0.3 is 10.2 Å². The Bertz CT molecular complexity index is 560. The van der Waals surface area contributed by atoms with Crippen molar-refractivity contribution in [1.29, 1.82) is 0 Å². The zero-order chi connectivity index (χ0) is 19.1. The van der Waals surface area contributed by atoms with Gasteiger partial charge in [-0.15, -0.1) is 0 Å². The predicted octanol–water partition coefficient (Wildman–Crippen LogP) is 4.58. The fraction of sp³-hybridized carbons (Fsp3) is 0.739. The Kier molecular flexibility index (Phi) is 7.69. The third kappa shape index (κ3) is 6.03. The van der Waals surface area contributed by atoms with E-state index in [2.05, 4.69) is 41.4 Å². The normalized spacial score (nSPS) is 25.3. The molecule has 0 saturated heterocycles. The van der Waals surface area contributed by atoms with Crippen molar-refractivity contribution < 1.29 is 4.79 Å². The number of amides is 1. The standard InChI is InChI=1S/C23H37N3O/c1-26(2)23(21-10-6-7-15-24-21)20-13-11-19(12-14-20)17-25-22(27)16-18-8-4-3-5-9-18/h6-7,10,15,18-20,23H,3-5,8-9,11-14,16-17H2,1-2H3,(H,25,27). The molecule has 0 spiro atoms. The Morgan fingerprint density at radius 3 is 2.44 bits per heavy atom. The molecule has 1 N–H and O–H groups in total. The van der Waals surface area contributed by atoms with E-state index in [1.165, 1.54) is 63.5 Å². The molecule has 1 aromatic heterocycles. The fourth-order valence-electron chi connectivity index (χ4n) is 5.17. The second-order valence-corrected chi connectivity index (χ2v) is 8.96. The van der Waals surface area contributed by atoms with Crippen LogP contribution in [0.25, 0.3) is 0 Å². The van der Waals surface area contributed by atoms with Gasteiger partial charge in [-0.3, -0.25) is 9.78 Å². The van der Waals surface area contributed by atoms with Crippen LogP contribution in [0.4, 0.5) is 0 Å². The van der Waals surface area contributed by atoms with Gasteiger partial charge >= 0.3 is 0 Å². The van der Waals surface area contributed by atoms with Crippen molar-refractivity contribution >= 4 is 5.91 Å². The highest BCUT2D eigenvalue weighted by molar-refractivity contribution is 5.76. The van der Waals surface area contributed by atoms with E-state index >= 15 is 0 Å². The summed E-state index contributed by atoms with van der Waals surface area (Å²) in [6.45, 7) is 0.870. The summed E-state index contributed by atoms with van der Waals surface area (Å²) in [5.41, 5.74) is 1.19. The molecular formula is C23H37N3O. The van der Waals surface area contributed by atoms with E-state index in [4.69, 9.17) is 0 Å². The number of carbonyl (C=O) groups excluding carboxylic acids is 1. The van der Waals surface area contributed by atoms with Crippen molar-refractivity contribution in [3.05, 3.63) is 30.1 Å². The maximum atomic E-state index is 12.3. The molecule has 4 nitrogen and oxygen atoms in total. The first-order valence-corrected chi connectivity index (χ1v) is 11.0. The van der Waals surface area contributed by atoms with Crippen LogP contribution in [0.3, 0.4) is 0 Å². The quantitative estimate of drug-likeness (QED) is 0.763. The number of carbonyl (C=O) groups is 1. The smallest absolute Gasteiger partial charge is 0.220 e. The van der Waals surface area contributed by atoms with E-state index in [0.717, 1.165) is 13.0 Å². The molecule has 0 aromatic carbocycles. The van der Waals surface area contributed by atoms with Gasteiger partial charge in [0.15, 0.2) is 0 Å². The molecule has 2 aliphatic rings. The van der Waals surface area contributed by atoms with Gasteiger partial charge in [0, 0.05) is 19.2 Å². The zero-order valence-electron chi connectivity index (χ0n) is 17.2. The molecule has 1 amide bonds. The lowest BCUT2D eigenvalue weighted by Crippen LogP contribution is -2.35. The number of aromatic nitrogens is 1. The second-order valence-electron chi connectivity index (χ2n) is 8.96. The molecule has 0 aliphatic heterocycles. The molecule has 1 atom stereocenters. The highest BCUT2D eigenvalue weighted by atomic mass is 16.1. The van der Waals surface area contributed by atoms with Crippen molar-refractivity contribution in [2.24, 2.45) is 17.8 Å². The van der Waals surface area contributed by atoms with Crippen molar-refractivity contribution in [2.75, 3.05) is 20.6 Å². The van der Waals surface area contributed by atoms with E-state index in [1.807, 2.05) is 12.3 Å². The van der Waals surface area contributed by atoms with Crippen LogP contribution in [-0.2, 0) is 4.79 Å². The van der Waals surface area contributed by atoms with Gasteiger partial charge in [-0.1, -0.05) is 25.3 Å². The molecule has 1 heterocycles. The topological polar surface area (TPSA) is 45.2 Å². The largest absolute Gasteiger partial charge is 0.356 e.